The van der Waals surface area contributed by atoms with Crippen molar-refractivity contribution in [1.29, 1.82) is 0 Å². The molecular formula is C34H43Cl2FN6O3. The molecule has 2 aliphatic carbocycles. The van der Waals surface area contributed by atoms with Crippen molar-refractivity contribution in [2.24, 2.45) is 5.41 Å². The van der Waals surface area contributed by atoms with Crippen LogP contribution in [0.2, 0.25) is 10.3 Å². The van der Waals surface area contributed by atoms with Gasteiger partial charge in [0.2, 0.25) is 11.8 Å². The van der Waals surface area contributed by atoms with Gasteiger partial charge in [-0.05, 0) is 93.4 Å². The summed E-state index contributed by atoms with van der Waals surface area (Å²) >= 11 is 12.7. The Kier molecular flexibility index (Phi) is 9.10. The number of aryl methyl sites for hydroxylation is 1. The third kappa shape index (κ3) is 5.90. The number of amides is 1. The summed E-state index contributed by atoms with van der Waals surface area (Å²) < 4.78 is 21.3. The zero-order valence-electron chi connectivity index (χ0n) is 26.9. The van der Waals surface area contributed by atoms with Gasteiger partial charge in [0.1, 0.15) is 5.15 Å². The minimum atomic E-state index is -0.604. The van der Waals surface area contributed by atoms with Crippen molar-refractivity contribution < 1.29 is 13.6 Å². The van der Waals surface area contributed by atoms with Gasteiger partial charge < -0.3 is 15.1 Å². The van der Waals surface area contributed by atoms with Crippen molar-refractivity contribution in [1.82, 2.24) is 30.8 Å². The number of carbonyl (C=O) groups excluding carboxylic acids is 1. The van der Waals surface area contributed by atoms with E-state index in [4.69, 9.17) is 27.6 Å². The van der Waals surface area contributed by atoms with Gasteiger partial charge in [-0.2, -0.15) is 0 Å². The normalized spacial score (nSPS) is 28.8. The van der Waals surface area contributed by atoms with Crippen LogP contribution in [0, 0.1) is 18.2 Å². The van der Waals surface area contributed by atoms with Crippen LogP contribution < -0.4 is 16.4 Å². The molecule has 1 saturated heterocycles. The summed E-state index contributed by atoms with van der Waals surface area (Å²) in [6.45, 7) is 8.73. The molecule has 12 heteroatoms. The molecule has 0 bridgehead atoms. The number of aromatic amines is 1. The molecule has 0 aromatic carbocycles. The highest BCUT2D eigenvalue weighted by molar-refractivity contribution is 6.29. The molecule has 0 radical (unpaired) electrons. The Balaban J connectivity index is 1.35. The number of carbonyl (C=O) groups is 1. The number of hydrogen-bond donors (Lipinski definition) is 3. The zero-order chi connectivity index (χ0) is 32.9. The van der Waals surface area contributed by atoms with E-state index in [1.807, 2.05) is 19.1 Å². The Morgan fingerprint density at radius 2 is 1.83 bits per heavy atom. The maximum atomic E-state index is 16.2. The zero-order valence-corrected chi connectivity index (χ0v) is 28.4. The molecule has 2 saturated carbocycles. The van der Waals surface area contributed by atoms with E-state index in [9.17, 15) is 9.59 Å². The quantitative estimate of drug-likeness (QED) is 0.234. The first-order valence-electron chi connectivity index (χ1n) is 16.4. The van der Waals surface area contributed by atoms with E-state index >= 15 is 4.39 Å². The average Bonchev–Trinajstić information content (AvgIpc) is 3.56. The van der Waals surface area contributed by atoms with Gasteiger partial charge >= 0.3 is 5.76 Å². The maximum Gasteiger partial charge on any atom is 0.434 e. The van der Waals surface area contributed by atoms with E-state index in [2.05, 4.69) is 51.6 Å². The van der Waals surface area contributed by atoms with E-state index in [1.165, 1.54) is 0 Å². The number of H-pyrrole nitrogens is 1. The summed E-state index contributed by atoms with van der Waals surface area (Å²) in [5.41, 5.74) is 1.45. The number of nitrogens with zero attached hydrogens (tertiary/aromatic N) is 3. The van der Waals surface area contributed by atoms with Crippen LogP contribution >= 0.6 is 23.2 Å². The average molecular weight is 674 g/mol. The van der Waals surface area contributed by atoms with Gasteiger partial charge in [-0.15, -0.1) is 5.10 Å². The van der Waals surface area contributed by atoms with Crippen molar-refractivity contribution >= 4 is 29.1 Å². The summed E-state index contributed by atoms with van der Waals surface area (Å²) in [5.74, 6) is -1.14. The Labute approximate surface area is 278 Å². The number of hydrogen-bond acceptors (Lipinski definition) is 7. The molecule has 1 amide bonds. The van der Waals surface area contributed by atoms with Crippen LogP contribution in [-0.4, -0.2) is 43.7 Å². The number of aromatic nitrogens is 4. The minimum Gasteiger partial charge on any atom is -0.392 e. The molecule has 46 heavy (non-hydrogen) atoms. The summed E-state index contributed by atoms with van der Waals surface area (Å²) in [4.78, 5) is 34.0. The van der Waals surface area contributed by atoms with Gasteiger partial charge in [-0.3, -0.25) is 4.79 Å². The Bertz CT molecular complexity index is 1640. The van der Waals surface area contributed by atoms with Crippen LogP contribution in [0.5, 0.6) is 0 Å². The van der Waals surface area contributed by atoms with Crippen LogP contribution in [0.1, 0.15) is 120 Å². The minimum absolute atomic E-state index is 0.00976. The SMILES string of the molecule is CC[C@@]1(c2ccc(Cl)nc2C)[C@@H](c2ccnc(Cl)c2F)[C@H](CC(=O)N[C@H]2CC[C@H](c3n[nH]c(=O)o3)CC2)NC12CCC(C)(C)CC2. The Hall–Kier alpha value is -2.82. The van der Waals surface area contributed by atoms with Crippen LogP contribution in [-0.2, 0) is 10.2 Å². The second-order valence-corrected chi connectivity index (χ2v) is 15.1. The molecule has 3 fully saturated rings. The van der Waals surface area contributed by atoms with Crippen LogP contribution in [0.15, 0.2) is 33.6 Å². The van der Waals surface area contributed by atoms with Crippen molar-refractivity contribution in [2.45, 2.75) is 127 Å². The van der Waals surface area contributed by atoms with E-state index in [0.717, 1.165) is 62.6 Å². The first-order valence-corrected chi connectivity index (χ1v) is 17.2. The van der Waals surface area contributed by atoms with Crippen molar-refractivity contribution in [3.63, 3.8) is 0 Å². The summed E-state index contributed by atoms with van der Waals surface area (Å²) in [6.07, 6.45) is 9.16. The standard InChI is InChI=1S/C34H43Cl2FN6O3/c1-5-34(23-10-11-25(35)39-19(23)2)27(22-12-17-38-29(36)28(22)37)24(41-33(34)15-13-32(3,4)14-16-33)18-26(44)40-21-8-6-20(7-9-21)30-42-43-31(45)46-30/h10-12,17,20-21,24,27,41H,5-9,13-16,18H2,1-4H3,(H,40,44)(H,43,45)/t20-,21-,24-,27-,34+/m0/s1. The number of halogens is 3. The third-order valence-electron chi connectivity index (χ3n) is 11.3. The van der Waals surface area contributed by atoms with Gasteiger partial charge in [0.15, 0.2) is 11.0 Å². The molecule has 6 rings (SSSR count). The van der Waals surface area contributed by atoms with Gasteiger partial charge in [0.25, 0.3) is 0 Å². The van der Waals surface area contributed by atoms with Crippen LogP contribution in [0.25, 0.3) is 0 Å². The fourth-order valence-electron chi connectivity index (χ4n) is 9.04. The number of pyridine rings is 2. The van der Waals surface area contributed by atoms with E-state index in [1.54, 1.807) is 12.3 Å². The number of nitrogens with one attached hydrogen (secondary N) is 3. The first-order chi connectivity index (χ1) is 21.9. The predicted octanol–water partition coefficient (Wildman–Crippen LogP) is 6.88. The highest BCUT2D eigenvalue weighted by Crippen LogP contribution is 2.62. The molecule has 3 aliphatic rings. The molecule has 1 aliphatic heterocycles. The summed E-state index contributed by atoms with van der Waals surface area (Å²) in [5, 5.41) is 13.8. The molecule has 3 N–H and O–H groups in total. The molecule has 248 valence electrons. The van der Waals surface area contributed by atoms with E-state index in [0.29, 0.717) is 23.0 Å². The van der Waals surface area contributed by atoms with Gasteiger partial charge in [0, 0.05) is 53.2 Å². The topological polar surface area (TPSA) is 126 Å². The Morgan fingerprint density at radius 3 is 2.46 bits per heavy atom. The van der Waals surface area contributed by atoms with Crippen molar-refractivity contribution in [3.05, 3.63) is 73.8 Å². The molecule has 0 unspecified atom stereocenters. The predicted molar refractivity (Wildman–Crippen MR) is 175 cm³/mol. The lowest BCUT2D eigenvalue weighted by atomic mass is 9.52. The van der Waals surface area contributed by atoms with Gasteiger partial charge in [0.05, 0.1) is 0 Å². The largest absolute Gasteiger partial charge is 0.434 e. The first kappa shape index (κ1) is 33.1. The lowest BCUT2D eigenvalue weighted by molar-refractivity contribution is -0.122. The van der Waals surface area contributed by atoms with E-state index in [-0.39, 0.29) is 40.9 Å². The van der Waals surface area contributed by atoms with Crippen molar-refractivity contribution in [3.8, 4) is 0 Å². The smallest absolute Gasteiger partial charge is 0.392 e. The monoisotopic (exact) mass is 672 g/mol. The molecule has 3 aromatic heterocycles. The molecule has 9 nitrogen and oxygen atoms in total. The summed E-state index contributed by atoms with van der Waals surface area (Å²) in [6, 6.07) is 5.21. The molecular weight excluding hydrogens is 630 g/mol. The lowest BCUT2D eigenvalue weighted by Gasteiger charge is -2.53. The highest BCUT2D eigenvalue weighted by Gasteiger charge is 2.65. The van der Waals surface area contributed by atoms with Gasteiger partial charge in [-0.1, -0.05) is 50.0 Å². The Morgan fingerprint density at radius 1 is 1.11 bits per heavy atom. The molecule has 4 heterocycles. The van der Waals surface area contributed by atoms with Crippen LogP contribution in [0.3, 0.4) is 0 Å². The fourth-order valence-corrected chi connectivity index (χ4v) is 9.39. The van der Waals surface area contributed by atoms with Crippen molar-refractivity contribution in [2.75, 3.05) is 0 Å². The molecule has 1 spiro atoms. The molecule has 3 aromatic rings. The second-order valence-electron chi connectivity index (χ2n) is 14.3. The second kappa shape index (κ2) is 12.7. The van der Waals surface area contributed by atoms with E-state index < -0.39 is 28.4 Å². The highest BCUT2D eigenvalue weighted by atomic mass is 35.5. The molecule has 3 atom stereocenters. The number of rotatable bonds is 7. The fraction of sp³-hybridized carbons (Fsp3) is 0.618. The maximum absolute atomic E-state index is 16.2. The van der Waals surface area contributed by atoms with Crippen LogP contribution in [0.4, 0.5) is 4.39 Å². The van der Waals surface area contributed by atoms with Gasteiger partial charge in [-0.25, -0.2) is 24.3 Å². The third-order valence-corrected chi connectivity index (χ3v) is 11.8. The summed E-state index contributed by atoms with van der Waals surface area (Å²) in [7, 11) is 0. The lowest BCUT2D eigenvalue weighted by Crippen LogP contribution is -2.58.